The van der Waals surface area contributed by atoms with Gasteiger partial charge in [-0.05, 0) is 79.4 Å². The van der Waals surface area contributed by atoms with Crippen molar-refractivity contribution in [2.24, 2.45) is 0 Å². The molecule has 3 aromatic rings. The van der Waals surface area contributed by atoms with E-state index in [1.54, 1.807) is 43.6 Å². The van der Waals surface area contributed by atoms with Gasteiger partial charge in [-0.3, -0.25) is 14.5 Å². The van der Waals surface area contributed by atoms with Gasteiger partial charge in [0.1, 0.15) is 5.75 Å². The fraction of sp³-hybridized carbons (Fsp3) is 0.217. The number of rotatable bonds is 8. The van der Waals surface area contributed by atoms with Crippen LogP contribution in [0.25, 0.3) is 0 Å². The number of carbonyl (C=O) groups excluding carboxylic acids is 1. The van der Waals surface area contributed by atoms with Crippen molar-refractivity contribution in [3.63, 3.8) is 0 Å². The second-order valence-corrected chi connectivity index (χ2v) is 8.94. The van der Waals surface area contributed by atoms with E-state index < -0.39 is 10.0 Å². The van der Waals surface area contributed by atoms with Crippen LogP contribution < -0.4 is 14.8 Å². The first-order chi connectivity index (χ1) is 14.7. The van der Waals surface area contributed by atoms with Gasteiger partial charge in [-0.25, -0.2) is 8.42 Å². The van der Waals surface area contributed by atoms with Crippen LogP contribution in [0.1, 0.15) is 22.3 Å². The van der Waals surface area contributed by atoms with Gasteiger partial charge in [0.15, 0.2) is 6.61 Å². The van der Waals surface area contributed by atoms with Crippen LogP contribution in [0.4, 0.5) is 5.69 Å². The predicted molar refractivity (Wildman–Crippen MR) is 119 cm³/mol. The predicted octanol–water partition coefficient (Wildman–Crippen LogP) is 3.50. The van der Waals surface area contributed by atoms with Crippen LogP contribution in [-0.2, 0) is 21.4 Å². The smallest absolute Gasteiger partial charge is 0.261 e. The van der Waals surface area contributed by atoms with E-state index in [4.69, 9.17) is 4.74 Å². The lowest BCUT2D eigenvalue weighted by Crippen LogP contribution is -2.28. The lowest BCUT2D eigenvalue weighted by Gasteiger charge is -2.13. The molecule has 8 heteroatoms. The Morgan fingerprint density at radius 1 is 1.00 bits per heavy atom. The Bertz CT molecular complexity index is 1180. The van der Waals surface area contributed by atoms with Gasteiger partial charge in [-0.2, -0.15) is 0 Å². The maximum atomic E-state index is 12.7. The molecule has 2 aromatic carbocycles. The number of hydrogen-bond donors (Lipinski definition) is 2. The zero-order valence-corrected chi connectivity index (χ0v) is 18.5. The molecule has 0 spiro atoms. The van der Waals surface area contributed by atoms with Crippen molar-refractivity contribution in [3.8, 4) is 5.75 Å². The summed E-state index contributed by atoms with van der Waals surface area (Å²) in [7, 11) is -3.74. The molecule has 1 heterocycles. The van der Waals surface area contributed by atoms with E-state index >= 15 is 0 Å². The van der Waals surface area contributed by atoms with E-state index in [-0.39, 0.29) is 17.4 Å². The summed E-state index contributed by atoms with van der Waals surface area (Å²) in [5.41, 5.74) is 4.10. The Hall–Kier alpha value is -3.39. The summed E-state index contributed by atoms with van der Waals surface area (Å²) in [5, 5.41) is 2.75. The molecule has 0 aliphatic rings. The summed E-state index contributed by atoms with van der Waals surface area (Å²) < 4.78 is 33.6. The van der Waals surface area contributed by atoms with Gasteiger partial charge >= 0.3 is 0 Å². The average Bonchev–Trinajstić information content (AvgIpc) is 2.74. The van der Waals surface area contributed by atoms with Crippen LogP contribution in [0.3, 0.4) is 0 Å². The van der Waals surface area contributed by atoms with E-state index in [1.807, 2.05) is 26.0 Å². The Morgan fingerprint density at radius 2 is 1.81 bits per heavy atom. The summed E-state index contributed by atoms with van der Waals surface area (Å²) >= 11 is 0. The molecule has 7 nitrogen and oxygen atoms in total. The summed E-state index contributed by atoms with van der Waals surface area (Å²) in [6.07, 6.45) is 3.34. The second kappa shape index (κ2) is 9.61. The molecule has 0 saturated carbocycles. The maximum absolute atomic E-state index is 12.7. The minimum absolute atomic E-state index is 0.122. The van der Waals surface area contributed by atoms with Crippen molar-refractivity contribution < 1.29 is 17.9 Å². The van der Waals surface area contributed by atoms with E-state index in [9.17, 15) is 13.2 Å². The number of anilines is 1. The van der Waals surface area contributed by atoms with Gasteiger partial charge in [0.2, 0.25) is 0 Å². The fourth-order valence-electron chi connectivity index (χ4n) is 2.87. The van der Waals surface area contributed by atoms with E-state index in [1.165, 1.54) is 12.1 Å². The molecule has 0 fully saturated rings. The number of amides is 1. The van der Waals surface area contributed by atoms with Crippen molar-refractivity contribution >= 4 is 21.6 Å². The zero-order chi connectivity index (χ0) is 22.4. The highest BCUT2D eigenvalue weighted by Crippen LogP contribution is 2.24. The summed E-state index contributed by atoms with van der Waals surface area (Å²) in [5.74, 6) is 0.165. The molecule has 1 amide bonds. The van der Waals surface area contributed by atoms with Crippen LogP contribution in [0.5, 0.6) is 5.75 Å². The van der Waals surface area contributed by atoms with Crippen molar-refractivity contribution in [2.75, 3.05) is 11.3 Å². The first-order valence-electron chi connectivity index (χ1n) is 9.74. The zero-order valence-electron chi connectivity index (χ0n) is 17.7. The molecule has 0 aliphatic heterocycles. The van der Waals surface area contributed by atoms with Crippen LogP contribution in [0, 0.1) is 20.8 Å². The third-order valence-electron chi connectivity index (χ3n) is 4.79. The fourth-order valence-corrected chi connectivity index (χ4v) is 4.00. The van der Waals surface area contributed by atoms with Gasteiger partial charge < -0.3 is 10.1 Å². The molecule has 0 atom stereocenters. The molecule has 0 saturated heterocycles. The van der Waals surface area contributed by atoms with Crippen molar-refractivity contribution in [1.82, 2.24) is 10.3 Å². The standard InChI is InChI=1S/C23H25N3O4S/c1-16-6-7-20(11-17(16)2)26-31(28,29)21-8-9-22(18(3)12-21)30-15-23(27)25-14-19-5-4-10-24-13-19/h4-13,26H,14-15H2,1-3H3,(H,25,27). The Labute approximate surface area is 182 Å². The number of pyridine rings is 1. The number of nitrogens with one attached hydrogen (secondary N) is 2. The molecule has 2 N–H and O–H groups in total. The molecule has 162 valence electrons. The highest BCUT2D eigenvalue weighted by Gasteiger charge is 2.16. The number of nitrogens with zero attached hydrogens (tertiary/aromatic N) is 1. The van der Waals surface area contributed by atoms with Gasteiger partial charge in [0.25, 0.3) is 15.9 Å². The lowest BCUT2D eigenvalue weighted by molar-refractivity contribution is -0.123. The van der Waals surface area contributed by atoms with Gasteiger partial charge in [-0.15, -0.1) is 0 Å². The highest BCUT2D eigenvalue weighted by molar-refractivity contribution is 7.92. The van der Waals surface area contributed by atoms with Crippen LogP contribution in [0.15, 0.2) is 65.8 Å². The Morgan fingerprint density at radius 3 is 2.48 bits per heavy atom. The minimum Gasteiger partial charge on any atom is -0.484 e. The first-order valence-corrected chi connectivity index (χ1v) is 11.2. The number of hydrogen-bond acceptors (Lipinski definition) is 5. The molecule has 3 rings (SSSR count). The topological polar surface area (TPSA) is 97.4 Å². The second-order valence-electron chi connectivity index (χ2n) is 7.26. The third-order valence-corrected chi connectivity index (χ3v) is 6.17. The number of aromatic nitrogens is 1. The minimum atomic E-state index is -3.74. The van der Waals surface area contributed by atoms with Crippen molar-refractivity contribution in [1.29, 1.82) is 0 Å². The Balaban J connectivity index is 1.61. The van der Waals surface area contributed by atoms with Crippen LogP contribution in [-0.4, -0.2) is 25.9 Å². The molecule has 0 radical (unpaired) electrons. The average molecular weight is 440 g/mol. The van der Waals surface area contributed by atoms with Gasteiger partial charge in [-0.1, -0.05) is 12.1 Å². The van der Waals surface area contributed by atoms with Crippen LogP contribution in [0.2, 0.25) is 0 Å². The highest BCUT2D eigenvalue weighted by atomic mass is 32.2. The summed E-state index contributed by atoms with van der Waals surface area (Å²) in [6, 6.07) is 13.6. The number of sulfonamides is 1. The number of carbonyl (C=O) groups is 1. The van der Waals surface area contributed by atoms with E-state index in [0.29, 0.717) is 23.5 Å². The molecule has 31 heavy (non-hydrogen) atoms. The lowest BCUT2D eigenvalue weighted by atomic mass is 10.1. The molecule has 0 aliphatic carbocycles. The monoisotopic (exact) mass is 439 g/mol. The van der Waals surface area contributed by atoms with Gasteiger partial charge in [0.05, 0.1) is 4.90 Å². The van der Waals surface area contributed by atoms with Crippen molar-refractivity contribution in [2.45, 2.75) is 32.2 Å². The van der Waals surface area contributed by atoms with Gasteiger partial charge in [0, 0.05) is 24.6 Å². The summed E-state index contributed by atoms with van der Waals surface area (Å²) in [4.78, 5) is 16.1. The molecule has 0 unspecified atom stereocenters. The van der Waals surface area contributed by atoms with E-state index in [0.717, 1.165) is 16.7 Å². The molecule has 1 aromatic heterocycles. The SMILES string of the molecule is Cc1ccc(NS(=O)(=O)c2ccc(OCC(=O)NCc3cccnc3)c(C)c2)cc1C. The first kappa shape index (κ1) is 22.3. The largest absolute Gasteiger partial charge is 0.484 e. The van der Waals surface area contributed by atoms with Crippen LogP contribution >= 0.6 is 0 Å². The third kappa shape index (κ3) is 6.05. The number of aryl methyl sites for hydroxylation is 3. The van der Waals surface area contributed by atoms with E-state index in [2.05, 4.69) is 15.0 Å². The molecule has 0 bridgehead atoms. The van der Waals surface area contributed by atoms with Crippen molar-refractivity contribution in [3.05, 3.63) is 83.2 Å². The Kier molecular flexibility index (Phi) is 6.91. The maximum Gasteiger partial charge on any atom is 0.261 e. The number of ether oxygens (including phenoxy) is 1. The summed E-state index contributed by atoms with van der Waals surface area (Å²) in [6.45, 7) is 5.81. The molecular formula is C23H25N3O4S. The molecular weight excluding hydrogens is 414 g/mol. The number of benzene rings is 2. The quantitative estimate of drug-likeness (QED) is 0.560. The normalized spacial score (nSPS) is 11.1.